The van der Waals surface area contributed by atoms with Gasteiger partial charge in [0.2, 0.25) is 0 Å². The van der Waals surface area contributed by atoms with Gasteiger partial charge in [0.1, 0.15) is 17.3 Å². The zero-order valence-electron chi connectivity index (χ0n) is 9.15. The second-order valence-corrected chi connectivity index (χ2v) is 4.05. The van der Waals surface area contributed by atoms with Crippen LogP contribution in [0.5, 0.6) is 0 Å². The number of hydrogen-bond acceptors (Lipinski definition) is 4. The van der Waals surface area contributed by atoms with Crippen LogP contribution in [0.4, 0.5) is 5.82 Å². The summed E-state index contributed by atoms with van der Waals surface area (Å²) in [6.45, 7) is 2.16. The Morgan fingerprint density at radius 3 is 3.00 bits per heavy atom. The van der Waals surface area contributed by atoms with Crippen LogP contribution in [0.2, 0.25) is 5.15 Å². The Labute approximate surface area is 98.6 Å². The van der Waals surface area contributed by atoms with Crippen LogP contribution in [0.15, 0.2) is 6.33 Å². The molecule has 0 saturated heterocycles. The first-order valence-electron chi connectivity index (χ1n) is 5.37. The van der Waals surface area contributed by atoms with Crippen LogP contribution in [0.1, 0.15) is 31.7 Å². The zero-order chi connectivity index (χ0) is 11.5. The number of nitrogen functional groups attached to an aromatic ring is 1. The van der Waals surface area contributed by atoms with E-state index in [1.165, 1.54) is 10.8 Å². The third-order valence-electron chi connectivity index (χ3n) is 2.54. The molecule has 16 heavy (non-hydrogen) atoms. The minimum Gasteiger partial charge on any atom is -0.383 e. The number of rotatable bonds is 4. The maximum absolute atomic E-state index is 6.07. The fraction of sp³-hybridized carbons (Fsp3) is 0.500. The molecule has 86 valence electrons. The van der Waals surface area contributed by atoms with Crippen molar-refractivity contribution < 1.29 is 0 Å². The van der Waals surface area contributed by atoms with E-state index in [2.05, 4.69) is 22.0 Å². The highest BCUT2D eigenvalue weighted by atomic mass is 35.5. The summed E-state index contributed by atoms with van der Waals surface area (Å²) in [7, 11) is 0. The van der Waals surface area contributed by atoms with Crippen LogP contribution in [-0.2, 0) is 6.42 Å². The highest BCUT2D eigenvalue weighted by Crippen LogP contribution is 2.22. The van der Waals surface area contributed by atoms with E-state index in [4.69, 9.17) is 17.3 Å². The molecule has 2 aromatic heterocycles. The fourth-order valence-corrected chi connectivity index (χ4v) is 1.92. The summed E-state index contributed by atoms with van der Waals surface area (Å²) in [5.74, 6) is 0.991. The zero-order valence-corrected chi connectivity index (χ0v) is 9.91. The summed E-state index contributed by atoms with van der Waals surface area (Å²) in [4.78, 5) is 8.10. The molecule has 0 fully saturated rings. The van der Waals surface area contributed by atoms with Crippen molar-refractivity contribution >= 4 is 23.2 Å². The topological polar surface area (TPSA) is 69.1 Å². The van der Waals surface area contributed by atoms with Gasteiger partial charge in [-0.15, -0.1) is 0 Å². The molecule has 0 amide bonds. The number of unbranched alkanes of at least 4 members (excludes halogenated alkanes) is 2. The Bertz CT molecular complexity index is 493. The lowest BCUT2D eigenvalue weighted by Crippen LogP contribution is -2.06. The third-order valence-corrected chi connectivity index (χ3v) is 2.86. The van der Waals surface area contributed by atoms with E-state index in [1.807, 2.05) is 0 Å². The summed E-state index contributed by atoms with van der Waals surface area (Å²) in [5, 5.41) is 4.45. The van der Waals surface area contributed by atoms with Crippen molar-refractivity contribution in [2.45, 2.75) is 32.6 Å². The van der Waals surface area contributed by atoms with Gasteiger partial charge in [-0.3, -0.25) is 0 Å². The van der Waals surface area contributed by atoms with Crippen LogP contribution in [0.3, 0.4) is 0 Å². The molecule has 0 bridgehead atoms. The van der Waals surface area contributed by atoms with Crippen molar-refractivity contribution in [2.75, 3.05) is 5.73 Å². The SMILES string of the molecule is CCCCCc1c(Cl)nc2ncnn2c1N. The van der Waals surface area contributed by atoms with E-state index in [1.54, 1.807) is 0 Å². The van der Waals surface area contributed by atoms with Gasteiger partial charge in [0.05, 0.1) is 0 Å². The molecule has 2 aromatic rings. The quantitative estimate of drug-likeness (QED) is 0.655. The number of nitrogens with zero attached hydrogens (tertiary/aromatic N) is 4. The second kappa shape index (κ2) is 4.65. The summed E-state index contributed by atoms with van der Waals surface area (Å²) in [6.07, 6.45) is 5.64. The van der Waals surface area contributed by atoms with Crippen molar-refractivity contribution in [1.82, 2.24) is 19.6 Å². The van der Waals surface area contributed by atoms with Gasteiger partial charge >= 0.3 is 0 Å². The van der Waals surface area contributed by atoms with Gasteiger partial charge in [0.25, 0.3) is 5.78 Å². The molecule has 2 heterocycles. The van der Waals surface area contributed by atoms with Crippen molar-refractivity contribution in [1.29, 1.82) is 0 Å². The van der Waals surface area contributed by atoms with Crippen molar-refractivity contribution in [3.63, 3.8) is 0 Å². The smallest absolute Gasteiger partial charge is 0.255 e. The predicted octanol–water partition coefficient (Wildman–Crippen LogP) is 2.09. The molecule has 6 heteroatoms. The lowest BCUT2D eigenvalue weighted by molar-refractivity contribution is 0.713. The molecule has 2 rings (SSSR count). The Balaban J connectivity index is 2.35. The van der Waals surface area contributed by atoms with E-state index in [-0.39, 0.29) is 0 Å². The number of anilines is 1. The highest BCUT2D eigenvalue weighted by Gasteiger charge is 2.12. The molecular weight excluding hydrogens is 226 g/mol. The summed E-state index contributed by atoms with van der Waals surface area (Å²) >= 11 is 6.07. The summed E-state index contributed by atoms with van der Waals surface area (Å²) < 4.78 is 1.52. The molecule has 0 radical (unpaired) electrons. The molecule has 0 saturated carbocycles. The van der Waals surface area contributed by atoms with Crippen LogP contribution in [-0.4, -0.2) is 19.6 Å². The van der Waals surface area contributed by atoms with Crippen molar-refractivity contribution in [2.24, 2.45) is 0 Å². The molecule has 0 aliphatic heterocycles. The van der Waals surface area contributed by atoms with E-state index >= 15 is 0 Å². The Hall–Kier alpha value is -1.36. The summed E-state index contributed by atoms with van der Waals surface area (Å²) in [6, 6.07) is 0. The van der Waals surface area contributed by atoms with E-state index < -0.39 is 0 Å². The van der Waals surface area contributed by atoms with Gasteiger partial charge in [0.15, 0.2) is 0 Å². The van der Waals surface area contributed by atoms with Crippen LogP contribution >= 0.6 is 11.6 Å². The average Bonchev–Trinajstić information content (AvgIpc) is 2.71. The molecule has 0 unspecified atom stereocenters. The average molecular weight is 240 g/mol. The molecule has 5 nitrogen and oxygen atoms in total. The lowest BCUT2D eigenvalue weighted by Gasteiger charge is -2.07. The lowest BCUT2D eigenvalue weighted by atomic mass is 10.1. The van der Waals surface area contributed by atoms with Gasteiger partial charge in [-0.1, -0.05) is 31.4 Å². The fourth-order valence-electron chi connectivity index (χ4n) is 1.65. The molecule has 2 N–H and O–H groups in total. The molecule has 0 spiro atoms. The van der Waals surface area contributed by atoms with E-state index in [9.17, 15) is 0 Å². The minimum atomic E-state index is 0.439. The first-order valence-corrected chi connectivity index (χ1v) is 5.75. The van der Waals surface area contributed by atoms with Gasteiger partial charge in [0, 0.05) is 5.56 Å². The minimum absolute atomic E-state index is 0.439. The maximum atomic E-state index is 6.07. The highest BCUT2D eigenvalue weighted by molar-refractivity contribution is 6.30. The molecular formula is C10H14ClN5. The standard InChI is InChI=1S/C10H14ClN5/c1-2-3-4-5-7-8(11)15-10-13-6-14-16(10)9(7)12/h6H,2-5,12H2,1H3. The predicted molar refractivity (Wildman–Crippen MR) is 63.4 cm³/mol. The molecule has 0 aromatic carbocycles. The number of aromatic nitrogens is 4. The van der Waals surface area contributed by atoms with Crippen molar-refractivity contribution in [3.05, 3.63) is 17.0 Å². The van der Waals surface area contributed by atoms with Gasteiger partial charge in [-0.25, -0.2) is 0 Å². The Morgan fingerprint density at radius 2 is 2.25 bits per heavy atom. The van der Waals surface area contributed by atoms with Gasteiger partial charge < -0.3 is 5.73 Å². The van der Waals surface area contributed by atoms with Crippen LogP contribution < -0.4 is 5.73 Å². The third kappa shape index (κ3) is 1.95. The number of nitrogens with two attached hydrogens (primary N) is 1. The monoisotopic (exact) mass is 239 g/mol. The molecule has 0 atom stereocenters. The number of hydrogen-bond donors (Lipinski definition) is 1. The van der Waals surface area contributed by atoms with Gasteiger partial charge in [-0.05, 0) is 12.8 Å². The van der Waals surface area contributed by atoms with E-state index in [0.717, 1.165) is 31.2 Å². The van der Waals surface area contributed by atoms with Crippen molar-refractivity contribution in [3.8, 4) is 0 Å². The number of fused-ring (bicyclic) bond motifs is 1. The van der Waals surface area contributed by atoms with Crippen LogP contribution in [0, 0.1) is 0 Å². The Kier molecular flexibility index (Phi) is 3.24. The maximum Gasteiger partial charge on any atom is 0.255 e. The largest absolute Gasteiger partial charge is 0.383 e. The summed E-state index contributed by atoms with van der Waals surface area (Å²) in [5.41, 5.74) is 6.85. The Morgan fingerprint density at radius 1 is 1.44 bits per heavy atom. The van der Waals surface area contributed by atoms with Gasteiger partial charge in [-0.2, -0.15) is 19.6 Å². The van der Waals surface area contributed by atoms with Crippen LogP contribution in [0.25, 0.3) is 5.78 Å². The second-order valence-electron chi connectivity index (χ2n) is 3.70. The first kappa shape index (κ1) is 11.1. The molecule has 0 aliphatic carbocycles. The number of halogens is 1. The normalized spacial score (nSPS) is 11.1. The molecule has 0 aliphatic rings. The van der Waals surface area contributed by atoms with E-state index in [0.29, 0.717) is 16.7 Å². The first-order chi connectivity index (χ1) is 7.74.